The summed E-state index contributed by atoms with van der Waals surface area (Å²) in [7, 11) is 0. The molecule has 2 aromatic heterocycles. The average Bonchev–Trinajstić information content (AvgIpc) is 2.95. The van der Waals surface area contributed by atoms with Crippen molar-refractivity contribution in [3.8, 4) is 17.3 Å². The maximum atomic E-state index is 12.9. The van der Waals surface area contributed by atoms with E-state index in [1.807, 2.05) is 6.07 Å². The van der Waals surface area contributed by atoms with Crippen LogP contribution in [0.3, 0.4) is 0 Å². The number of benzene rings is 1. The predicted molar refractivity (Wildman–Crippen MR) is 141 cm³/mol. The van der Waals surface area contributed by atoms with Crippen LogP contribution in [-0.2, 0) is 4.74 Å². The minimum atomic E-state index is -0.639. The number of aliphatic hydroxyl groups excluding tert-OH is 2. The molecule has 4 N–H and O–H groups in total. The smallest absolute Gasteiger partial charge is 0.341 e. The first-order chi connectivity index (χ1) is 18.9. The molecular formula is C25H28N8O6. The Bertz CT molecular complexity index is 1280. The number of nitrogens with zero attached hydrogens (tertiary/aromatic N) is 6. The van der Waals surface area contributed by atoms with Crippen molar-refractivity contribution in [1.82, 2.24) is 19.9 Å². The number of esters is 1. The van der Waals surface area contributed by atoms with Crippen molar-refractivity contribution in [3.63, 3.8) is 0 Å². The largest absolute Gasteiger partial charge is 0.461 e. The molecule has 2 heterocycles. The first kappa shape index (κ1) is 28.9. The van der Waals surface area contributed by atoms with Gasteiger partial charge in [-0.25, -0.2) is 19.7 Å². The number of rotatable bonds is 15. The van der Waals surface area contributed by atoms with Crippen LogP contribution in [0.4, 0.5) is 17.5 Å². The lowest BCUT2D eigenvalue weighted by Gasteiger charge is -2.19. The molecule has 0 saturated carbocycles. The highest BCUT2D eigenvalue weighted by molar-refractivity contribution is 5.96. The van der Waals surface area contributed by atoms with Crippen molar-refractivity contribution in [2.24, 2.45) is 0 Å². The molecule has 0 radical (unpaired) electrons. The third kappa shape index (κ3) is 8.68. The highest BCUT2D eigenvalue weighted by atomic mass is 16.6. The van der Waals surface area contributed by atoms with Crippen molar-refractivity contribution in [2.45, 2.75) is 0 Å². The third-order valence-electron chi connectivity index (χ3n) is 5.44. The number of hydrogen-bond donors (Lipinski definition) is 4. The Morgan fingerprint density at radius 2 is 1.74 bits per heavy atom. The lowest BCUT2D eigenvalue weighted by molar-refractivity contribution is -0.385. The fourth-order valence-electron chi connectivity index (χ4n) is 3.47. The zero-order valence-electron chi connectivity index (χ0n) is 21.0. The zero-order valence-corrected chi connectivity index (χ0v) is 21.0. The predicted octanol–water partition coefficient (Wildman–Crippen LogP) is 1.29. The van der Waals surface area contributed by atoms with Gasteiger partial charge in [0, 0.05) is 50.6 Å². The number of carbonyl (C=O) groups is 1. The highest BCUT2D eigenvalue weighted by Crippen LogP contribution is 2.24. The van der Waals surface area contributed by atoms with Gasteiger partial charge in [0.2, 0.25) is 5.95 Å². The van der Waals surface area contributed by atoms with Crippen LogP contribution < -0.4 is 10.6 Å². The Balaban J connectivity index is 1.68. The molecule has 0 saturated heterocycles. The summed E-state index contributed by atoms with van der Waals surface area (Å²) in [6, 6.07) is 11.5. The fourth-order valence-corrected chi connectivity index (χ4v) is 3.47. The van der Waals surface area contributed by atoms with E-state index in [0.717, 1.165) is 6.20 Å². The second-order valence-electron chi connectivity index (χ2n) is 8.08. The number of aliphatic hydroxyl groups is 2. The van der Waals surface area contributed by atoms with Crippen molar-refractivity contribution in [2.75, 3.05) is 63.2 Å². The van der Waals surface area contributed by atoms with Gasteiger partial charge in [-0.2, -0.15) is 5.26 Å². The third-order valence-corrected chi connectivity index (χ3v) is 5.44. The number of nitrogens with one attached hydrogen (secondary N) is 2. The molecule has 0 fully saturated rings. The molecule has 3 rings (SSSR count). The van der Waals surface area contributed by atoms with Gasteiger partial charge in [0.25, 0.3) is 5.69 Å². The number of nitro groups is 1. The summed E-state index contributed by atoms with van der Waals surface area (Å²) in [5.41, 5.74) is 1.38. The van der Waals surface area contributed by atoms with Crippen molar-refractivity contribution in [3.05, 3.63) is 70.0 Å². The number of nitriles is 1. The zero-order chi connectivity index (χ0) is 28.0. The molecule has 204 valence electrons. The van der Waals surface area contributed by atoms with Crippen LogP contribution in [-0.4, -0.2) is 93.5 Å². The molecule has 0 aliphatic rings. The number of hydrogen-bond acceptors (Lipinski definition) is 13. The van der Waals surface area contributed by atoms with E-state index in [9.17, 15) is 14.9 Å². The van der Waals surface area contributed by atoms with E-state index >= 15 is 0 Å². The summed E-state index contributed by atoms with van der Waals surface area (Å²) in [6.07, 6.45) is 2.52. The quantitative estimate of drug-likeness (QED) is 0.0938. The first-order valence-electron chi connectivity index (χ1n) is 12.0. The number of carbonyl (C=O) groups excluding carboxylic acids is 1. The molecule has 14 heteroatoms. The molecule has 0 aliphatic heterocycles. The molecule has 0 amide bonds. The molecule has 1 aromatic carbocycles. The number of anilines is 2. The maximum Gasteiger partial charge on any atom is 0.341 e. The normalized spacial score (nSPS) is 10.6. The van der Waals surface area contributed by atoms with Crippen molar-refractivity contribution in [1.29, 1.82) is 5.26 Å². The second kappa shape index (κ2) is 14.9. The standard InChI is InChI=1S/C25H28N8O6/c26-15-18-1-3-19(4-2-18)23-21(24(36)39-14-11-32(9-12-34)10-13-35)17-30-25(31-23)28-8-7-27-22-6-5-20(16-29-22)33(37)38/h1-6,16-17,34-35H,7-14H2,(H,27,29)(H,28,30,31). The molecule has 0 bridgehead atoms. The molecule has 0 aliphatic carbocycles. The van der Waals surface area contributed by atoms with E-state index < -0.39 is 10.9 Å². The van der Waals surface area contributed by atoms with Gasteiger partial charge in [-0.3, -0.25) is 15.0 Å². The van der Waals surface area contributed by atoms with Crippen LogP contribution in [0.2, 0.25) is 0 Å². The Hall–Kier alpha value is -4.71. The van der Waals surface area contributed by atoms with Gasteiger partial charge in [0.05, 0.1) is 35.5 Å². The monoisotopic (exact) mass is 536 g/mol. The van der Waals surface area contributed by atoms with Gasteiger partial charge in [0.15, 0.2) is 0 Å². The van der Waals surface area contributed by atoms with Crippen LogP contribution in [0.1, 0.15) is 15.9 Å². The minimum absolute atomic E-state index is 0.0357. The molecule has 39 heavy (non-hydrogen) atoms. The summed E-state index contributed by atoms with van der Waals surface area (Å²) in [4.78, 5) is 37.6. The molecule has 0 unspecified atom stereocenters. The summed E-state index contributed by atoms with van der Waals surface area (Å²) >= 11 is 0. The minimum Gasteiger partial charge on any atom is -0.461 e. The SMILES string of the molecule is N#Cc1ccc(-c2nc(NCCNc3ccc([N+](=O)[O-])cn3)ncc2C(=O)OCCN(CCO)CCO)cc1. The maximum absolute atomic E-state index is 12.9. The van der Waals surface area contributed by atoms with Gasteiger partial charge >= 0.3 is 5.97 Å². The molecule has 14 nitrogen and oxygen atoms in total. The van der Waals surface area contributed by atoms with Gasteiger partial charge < -0.3 is 25.6 Å². The summed E-state index contributed by atoms with van der Waals surface area (Å²) in [5.74, 6) is 0.0810. The average molecular weight is 537 g/mol. The molecule has 0 spiro atoms. The van der Waals surface area contributed by atoms with Gasteiger partial charge in [0.1, 0.15) is 24.2 Å². The Kier molecular flexibility index (Phi) is 11.0. The lowest BCUT2D eigenvalue weighted by atomic mass is 10.1. The molecular weight excluding hydrogens is 508 g/mol. The second-order valence-corrected chi connectivity index (χ2v) is 8.08. The van der Waals surface area contributed by atoms with Crippen molar-refractivity contribution < 1.29 is 24.7 Å². The lowest BCUT2D eigenvalue weighted by Crippen LogP contribution is -2.33. The highest BCUT2D eigenvalue weighted by Gasteiger charge is 2.18. The van der Waals surface area contributed by atoms with Crippen molar-refractivity contribution >= 4 is 23.4 Å². The van der Waals surface area contributed by atoms with E-state index in [2.05, 4.69) is 25.6 Å². The van der Waals surface area contributed by atoms with E-state index in [-0.39, 0.29) is 37.0 Å². The number of ether oxygens (including phenoxy) is 1. The van der Waals surface area contributed by atoms with E-state index in [0.29, 0.717) is 55.4 Å². The Morgan fingerprint density at radius 3 is 2.36 bits per heavy atom. The van der Waals surface area contributed by atoms with Crippen LogP contribution >= 0.6 is 0 Å². The van der Waals surface area contributed by atoms with Gasteiger partial charge in [-0.15, -0.1) is 0 Å². The summed E-state index contributed by atoms with van der Waals surface area (Å²) < 4.78 is 5.41. The number of aromatic nitrogens is 3. The Morgan fingerprint density at radius 1 is 1.03 bits per heavy atom. The van der Waals surface area contributed by atoms with Gasteiger partial charge in [-0.05, 0) is 18.2 Å². The van der Waals surface area contributed by atoms with E-state index in [1.54, 1.807) is 29.2 Å². The van der Waals surface area contributed by atoms with Crippen LogP contribution in [0.5, 0.6) is 0 Å². The van der Waals surface area contributed by atoms with Crippen LogP contribution in [0.15, 0.2) is 48.8 Å². The van der Waals surface area contributed by atoms with Gasteiger partial charge in [-0.1, -0.05) is 12.1 Å². The summed E-state index contributed by atoms with van der Waals surface area (Å²) in [5, 5.41) is 44.2. The summed E-state index contributed by atoms with van der Waals surface area (Å²) in [6.45, 7) is 1.66. The molecule has 3 aromatic rings. The number of pyridine rings is 1. The molecule has 0 atom stereocenters. The topological polar surface area (TPSA) is 200 Å². The fraction of sp³-hybridized carbons (Fsp3) is 0.320. The Labute approximate surface area is 224 Å². The van der Waals surface area contributed by atoms with E-state index in [4.69, 9.17) is 20.2 Å². The van der Waals surface area contributed by atoms with Crippen LogP contribution in [0.25, 0.3) is 11.3 Å². The van der Waals surface area contributed by atoms with E-state index in [1.165, 1.54) is 18.3 Å². The van der Waals surface area contributed by atoms with Crippen LogP contribution in [0, 0.1) is 21.4 Å². The first-order valence-corrected chi connectivity index (χ1v) is 12.0.